The molecule has 0 aliphatic carbocycles. The van der Waals surface area contributed by atoms with Crippen LogP contribution in [0.4, 0.5) is 11.4 Å². The highest BCUT2D eigenvalue weighted by molar-refractivity contribution is 5.93. The van der Waals surface area contributed by atoms with Crippen molar-refractivity contribution in [3.8, 4) is 5.75 Å². The van der Waals surface area contributed by atoms with Crippen LogP contribution in [0, 0.1) is 0 Å². The van der Waals surface area contributed by atoms with E-state index >= 15 is 0 Å². The van der Waals surface area contributed by atoms with Gasteiger partial charge in [0, 0.05) is 18.8 Å². The first-order chi connectivity index (χ1) is 12.3. The van der Waals surface area contributed by atoms with Crippen LogP contribution in [0.2, 0.25) is 0 Å². The number of ether oxygens (including phenoxy) is 1. The number of piperidine rings is 1. The summed E-state index contributed by atoms with van der Waals surface area (Å²) < 4.78 is 5.33. The lowest BCUT2D eigenvalue weighted by molar-refractivity contribution is 0.417. The van der Waals surface area contributed by atoms with Gasteiger partial charge in [0.1, 0.15) is 5.75 Å². The van der Waals surface area contributed by atoms with Gasteiger partial charge in [0.2, 0.25) is 0 Å². The Bertz CT molecular complexity index is 723. The molecule has 5 nitrogen and oxygen atoms in total. The molecule has 2 aromatic rings. The summed E-state index contributed by atoms with van der Waals surface area (Å²) in [6, 6.07) is 16.1. The molecule has 3 rings (SSSR count). The Morgan fingerprint density at radius 3 is 2.60 bits per heavy atom. The predicted octanol–water partition coefficient (Wildman–Crippen LogP) is 3.61. The number of methoxy groups -OCH3 is 1. The third-order valence-corrected chi connectivity index (χ3v) is 4.48. The van der Waals surface area contributed by atoms with Crippen molar-refractivity contribution in [1.29, 1.82) is 0 Å². The number of hydrogen-bond donors (Lipinski definition) is 2. The molecule has 0 aromatic heterocycles. The van der Waals surface area contributed by atoms with Crippen LogP contribution >= 0.6 is 0 Å². The minimum absolute atomic E-state index is 0.387. The molecular weight excluding hydrogens is 312 g/mol. The highest BCUT2D eigenvalue weighted by atomic mass is 16.5. The Morgan fingerprint density at radius 1 is 1.08 bits per heavy atom. The third kappa shape index (κ3) is 4.44. The van der Waals surface area contributed by atoms with Gasteiger partial charge in [-0.25, -0.2) is 4.99 Å². The van der Waals surface area contributed by atoms with Crippen molar-refractivity contribution < 1.29 is 4.74 Å². The third-order valence-electron chi connectivity index (χ3n) is 4.48. The molecule has 1 heterocycles. The normalized spacial score (nSPS) is 15.1. The van der Waals surface area contributed by atoms with Crippen molar-refractivity contribution in [3.05, 3.63) is 54.1 Å². The zero-order chi connectivity index (χ0) is 17.5. The molecule has 132 valence electrons. The van der Waals surface area contributed by atoms with Crippen LogP contribution in [-0.2, 0) is 6.54 Å². The van der Waals surface area contributed by atoms with Crippen LogP contribution in [-0.4, -0.2) is 26.2 Å². The molecule has 3 N–H and O–H groups in total. The maximum absolute atomic E-state index is 6.08. The molecule has 0 spiro atoms. The molecule has 5 heteroatoms. The number of rotatable bonds is 5. The van der Waals surface area contributed by atoms with Crippen LogP contribution in [0.5, 0.6) is 5.75 Å². The molecule has 0 atom stereocenters. The Kier molecular flexibility index (Phi) is 5.77. The van der Waals surface area contributed by atoms with Crippen molar-refractivity contribution in [2.75, 3.05) is 30.4 Å². The van der Waals surface area contributed by atoms with E-state index < -0.39 is 0 Å². The SMILES string of the molecule is COc1ccccc1NC(N)=NCc1ccccc1N1CCCCC1. The molecule has 1 aliphatic heterocycles. The molecule has 0 bridgehead atoms. The summed E-state index contributed by atoms with van der Waals surface area (Å²) in [7, 11) is 1.64. The minimum atomic E-state index is 0.387. The molecule has 1 fully saturated rings. The fraction of sp³-hybridized carbons (Fsp3) is 0.350. The summed E-state index contributed by atoms with van der Waals surface area (Å²) in [6.07, 6.45) is 3.84. The van der Waals surface area contributed by atoms with E-state index in [2.05, 4.69) is 39.5 Å². The molecule has 1 aliphatic rings. The van der Waals surface area contributed by atoms with E-state index in [0.717, 1.165) is 24.5 Å². The lowest BCUT2D eigenvalue weighted by Gasteiger charge is -2.30. The van der Waals surface area contributed by atoms with Crippen molar-refractivity contribution in [2.45, 2.75) is 25.8 Å². The van der Waals surface area contributed by atoms with Gasteiger partial charge in [-0.3, -0.25) is 0 Å². The van der Waals surface area contributed by atoms with Gasteiger partial charge in [-0.05, 0) is 43.0 Å². The van der Waals surface area contributed by atoms with E-state index in [1.54, 1.807) is 7.11 Å². The van der Waals surface area contributed by atoms with Crippen molar-refractivity contribution in [3.63, 3.8) is 0 Å². The summed E-state index contributed by atoms with van der Waals surface area (Å²) in [5.74, 6) is 1.13. The van der Waals surface area contributed by atoms with Crippen molar-refractivity contribution in [1.82, 2.24) is 0 Å². The first-order valence-electron chi connectivity index (χ1n) is 8.81. The second-order valence-electron chi connectivity index (χ2n) is 6.20. The first-order valence-corrected chi connectivity index (χ1v) is 8.81. The topological polar surface area (TPSA) is 62.9 Å². The average Bonchev–Trinajstić information content (AvgIpc) is 2.68. The van der Waals surface area contributed by atoms with Gasteiger partial charge in [0.05, 0.1) is 19.3 Å². The number of aliphatic imine (C=N–C) groups is 1. The monoisotopic (exact) mass is 338 g/mol. The number of benzene rings is 2. The van der Waals surface area contributed by atoms with Crippen molar-refractivity contribution >= 4 is 17.3 Å². The number of hydrogen-bond acceptors (Lipinski definition) is 3. The Balaban J connectivity index is 1.71. The smallest absolute Gasteiger partial charge is 0.193 e. The molecule has 0 amide bonds. The number of anilines is 2. The molecule has 25 heavy (non-hydrogen) atoms. The summed E-state index contributed by atoms with van der Waals surface area (Å²) in [5, 5.41) is 3.12. The Hall–Kier alpha value is -2.69. The molecule has 1 saturated heterocycles. The highest BCUT2D eigenvalue weighted by Gasteiger charge is 2.13. The molecule has 0 saturated carbocycles. The van der Waals surface area contributed by atoms with E-state index in [4.69, 9.17) is 10.5 Å². The van der Waals surface area contributed by atoms with Crippen molar-refractivity contribution in [2.24, 2.45) is 10.7 Å². The fourth-order valence-corrected chi connectivity index (χ4v) is 3.18. The maximum Gasteiger partial charge on any atom is 0.193 e. The van der Waals surface area contributed by atoms with E-state index in [1.165, 1.54) is 30.5 Å². The van der Waals surface area contributed by atoms with Gasteiger partial charge < -0.3 is 20.7 Å². The zero-order valence-electron chi connectivity index (χ0n) is 14.7. The summed E-state index contributed by atoms with van der Waals surface area (Å²) in [6.45, 7) is 2.80. The zero-order valence-corrected chi connectivity index (χ0v) is 14.7. The standard InChI is InChI=1S/C20H26N4O/c1-25-19-12-6-4-10-17(19)23-20(21)22-15-16-9-3-5-11-18(16)24-13-7-2-8-14-24/h3-6,9-12H,2,7-8,13-15H2,1H3,(H3,21,22,23). The lowest BCUT2D eigenvalue weighted by Crippen LogP contribution is -2.30. The lowest BCUT2D eigenvalue weighted by atomic mass is 10.1. The number of para-hydroxylation sites is 3. The molecular formula is C20H26N4O. The van der Waals surface area contributed by atoms with Crippen LogP contribution < -0.4 is 20.7 Å². The number of nitrogens with zero attached hydrogens (tertiary/aromatic N) is 2. The van der Waals surface area contributed by atoms with Gasteiger partial charge in [0.25, 0.3) is 0 Å². The Morgan fingerprint density at radius 2 is 1.80 bits per heavy atom. The minimum Gasteiger partial charge on any atom is -0.495 e. The van der Waals surface area contributed by atoms with Gasteiger partial charge in [-0.2, -0.15) is 0 Å². The van der Waals surface area contributed by atoms with Gasteiger partial charge >= 0.3 is 0 Å². The van der Waals surface area contributed by atoms with Crippen LogP contribution in [0.15, 0.2) is 53.5 Å². The largest absolute Gasteiger partial charge is 0.495 e. The second kappa shape index (κ2) is 8.42. The van der Waals surface area contributed by atoms with Crippen LogP contribution in [0.25, 0.3) is 0 Å². The maximum atomic E-state index is 6.08. The summed E-state index contributed by atoms with van der Waals surface area (Å²) in [5.41, 5.74) is 9.37. The first kappa shape index (κ1) is 17.1. The van der Waals surface area contributed by atoms with E-state index in [-0.39, 0.29) is 0 Å². The van der Waals surface area contributed by atoms with E-state index in [1.807, 2.05) is 24.3 Å². The second-order valence-corrected chi connectivity index (χ2v) is 6.20. The summed E-state index contributed by atoms with van der Waals surface area (Å²) >= 11 is 0. The summed E-state index contributed by atoms with van der Waals surface area (Å²) in [4.78, 5) is 6.98. The quantitative estimate of drug-likeness (QED) is 0.646. The number of guanidine groups is 1. The van der Waals surface area contributed by atoms with E-state index in [0.29, 0.717) is 12.5 Å². The molecule has 2 aromatic carbocycles. The van der Waals surface area contributed by atoms with Gasteiger partial charge in [-0.1, -0.05) is 30.3 Å². The number of nitrogens with one attached hydrogen (secondary N) is 1. The number of nitrogens with two attached hydrogens (primary N) is 1. The fourth-order valence-electron chi connectivity index (χ4n) is 3.18. The highest BCUT2D eigenvalue weighted by Crippen LogP contribution is 2.25. The van der Waals surface area contributed by atoms with E-state index in [9.17, 15) is 0 Å². The van der Waals surface area contributed by atoms with Crippen LogP contribution in [0.3, 0.4) is 0 Å². The molecule has 0 unspecified atom stereocenters. The predicted molar refractivity (Wildman–Crippen MR) is 104 cm³/mol. The van der Waals surface area contributed by atoms with Gasteiger partial charge in [-0.15, -0.1) is 0 Å². The average molecular weight is 338 g/mol. The Labute approximate surface area is 149 Å². The molecule has 0 radical (unpaired) electrons. The van der Waals surface area contributed by atoms with Crippen LogP contribution in [0.1, 0.15) is 24.8 Å². The van der Waals surface area contributed by atoms with Gasteiger partial charge in [0.15, 0.2) is 5.96 Å².